The fourth-order valence-electron chi connectivity index (χ4n) is 3.15. The van der Waals surface area contributed by atoms with Crippen LogP contribution < -0.4 is 5.32 Å². The first-order chi connectivity index (χ1) is 11.1. The molecule has 0 radical (unpaired) electrons. The Kier molecular flexibility index (Phi) is 7.56. The maximum absolute atomic E-state index is 12.1. The topological polar surface area (TPSA) is 35.6 Å². The van der Waals surface area contributed by atoms with Crippen LogP contribution in [0.4, 0.5) is 0 Å². The Labute approximate surface area is 140 Å². The highest BCUT2D eigenvalue weighted by Gasteiger charge is 2.21. The van der Waals surface area contributed by atoms with E-state index in [9.17, 15) is 4.79 Å². The van der Waals surface area contributed by atoms with Gasteiger partial charge in [0, 0.05) is 32.1 Å². The van der Waals surface area contributed by atoms with Gasteiger partial charge in [-0.25, -0.2) is 0 Å². The van der Waals surface area contributed by atoms with E-state index >= 15 is 0 Å². The van der Waals surface area contributed by atoms with Crippen LogP contribution in [0, 0.1) is 0 Å². The molecule has 0 bridgehead atoms. The monoisotopic (exact) mass is 317 g/mol. The van der Waals surface area contributed by atoms with Crippen LogP contribution >= 0.6 is 0 Å². The van der Waals surface area contributed by atoms with Crippen LogP contribution in [0.5, 0.6) is 0 Å². The summed E-state index contributed by atoms with van der Waals surface area (Å²) in [4.78, 5) is 16.7. The van der Waals surface area contributed by atoms with E-state index in [4.69, 9.17) is 0 Å². The molecule has 23 heavy (non-hydrogen) atoms. The number of hydrogen-bond acceptors (Lipinski definition) is 3. The quantitative estimate of drug-likeness (QED) is 0.798. The fraction of sp³-hybridized carbons (Fsp3) is 0.632. The predicted octanol–water partition coefficient (Wildman–Crippen LogP) is 2.15. The zero-order valence-electron chi connectivity index (χ0n) is 14.6. The van der Waals surface area contributed by atoms with Crippen LogP contribution in [0.1, 0.15) is 31.2 Å². The van der Waals surface area contributed by atoms with Gasteiger partial charge in [0.1, 0.15) is 0 Å². The highest BCUT2D eigenvalue weighted by Crippen LogP contribution is 2.17. The Morgan fingerprint density at radius 3 is 2.78 bits per heavy atom. The third-order valence-electron chi connectivity index (χ3n) is 4.78. The van der Waals surface area contributed by atoms with Crippen LogP contribution in [-0.4, -0.2) is 62.0 Å². The number of amides is 1. The zero-order valence-corrected chi connectivity index (χ0v) is 14.6. The van der Waals surface area contributed by atoms with E-state index in [2.05, 4.69) is 53.5 Å². The van der Waals surface area contributed by atoms with Crippen molar-refractivity contribution in [3.8, 4) is 0 Å². The number of likely N-dealkylation sites (tertiary alicyclic amines) is 1. The molecule has 1 aliphatic rings. The van der Waals surface area contributed by atoms with Gasteiger partial charge in [0.2, 0.25) is 5.91 Å². The van der Waals surface area contributed by atoms with Gasteiger partial charge in [-0.1, -0.05) is 36.8 Å². The van der Waals surface area contributed by atoms with E-state index in [1.165, 1.54) is 18.4 Å². The minimum Gasteiger partial charge on any atom is -0.355 e. The van der Waals surface area contributed by atoms with E-state index in [-0.39, 0.29) is 5.91 Å². The first-order valence-electron chi connectivity index (χ1n) is 8.84. The first kappa shape index (κ1) is 18.0. The third-order valence-corrected chi connectivity index (χ3v) is 4.78. The van der Waals surface area contributed by atoms with E-state index in [0.29, 0.717) is 12.5 Å². The molecule has 0 spiro atoms. The minimum atomic E-state index is 0.195. The number of nitrogens with one attached hydrogen (secondary N) is 1. The summed E-state index contributed by atoms with van der Waals surface area (Å²) in [6.45, 7) is 3.78. The molecule has 0 aromatic heterocycles. The van der Waals surface area contributed by atoms with Gasteiger partial charge < -0.3 is 15.1 Å². The van der Waals surface area contributed by atoms with Crippen molar-refractivity contribution in [3.63, 3.8) is 0 Å². The average Bonchev–Trinajstić information content (AvgIpc) is 2.56. The third kappa shape index (κ3) is 6.71. The molecule has 4 nitrogen and oxygen atoms in total. The number of carbonyl (C=O) groups excluding carboxylic acids is 1. The summed E-state index contributed by atoms with van der Waals surface area (Å²) in [6.07, 6.45) is 5.37. The Morgan fingerprint density at radius 1 is 1.26 bits per heavy atom. The van der Waals surface area contributed by atoms with Crippen molar-refractivity contribution in [2.24, 2.45) is 0 Å². The Morgan fingerprint density at radius 2 is 2.04 bits per heavy atom. The molecule has 1 saturated heterocycles. The van der Waals surface area contributed by atoms with Gasteiger partial charge in [0.15, 0.2) is 0 Å². The fourth-order valence-corrected chi connectivity index (χ4v) is 3.15. The highest BCUT2D eigenvalue weighted by molar-refractivity contribution is 5.76. The van der Waals surface area contributed by atoms with Crippen LogP contribution in [0.2, 0.25) is 0 Å². The molecule has 1 amide bonds. The van der Waals surface area contributed by atoms with E-state index < -0.39 is 0 Å². The molecule has 1 N–H and O–H groups in total. The molecule has 128 valence electrons. The smallest absolute Gasteiger partial charge is 0.221 e. The summed E-state index contributed by atoms with van der Waals surface area (Å²) in [6, 6.07) is 11.0. The van der Waals surface area contributed by atoms with Gasteiger partial charge in [-0.2, -0.15) is 0 Å². The number of hydrogen-bond donors (Lipinski definition) is 1. The molecular formula is C19H31N3O. The minimum absolute atomic E-state index is 0.195. The van der Waals surface area contributed by atoms with Crippen LogP contribution in [-0.2, 0) is 11.2 Å². The van der Waals surface area contributed by atoms with Crippen molar-refractivity contribution >= 4 is 5.91 Å². The molecule has 4 heteroatoms. The number of likely N-dealkylation sites (N-methyl/N-ethyl adjacent to an activating group) is 1. The largest absolute Gasteiger partial charge is 0.355 e. The highest BCUT2D eigenvalue weighted by atomic mass is 16.1. The maximum Gasteiger partial charge on any atom is 0.221 e. The summed E-state index contributed by atoms with van der Waals surface area (Å²) < 4.78 is 0. The van der Waals surface area contributed by atoms with Gasteiger partial charge >= 0.3 is 0 Å². The van der Waals surface area contributed by atoms with Crippen molar-refractivity contribution in [3.05, 3.63) is 35.9 Å². The van der Waals surface area contributed by atoms with E-state index in [0.717, 1.165) is 39.0 Å². The van der Waals surface area contributed by atoms with E-state index in [1.807, 2.05) is 6.07 Å². The predicted molar refractivity (Wildman–Crippen MR) is 95.5 cm³/mol. The molecule has 0 unspecified atom stereocenters. The number of benzene rings is 1. The number of rotatable bonds is 8. The standard InChI is InChI=1S/C19H31N3O/c1-21(14-11-17-8-4-3-5-9-17)15-12-20-19(23)16-18-10-6-7-13-22(18)2/h3-5,8-9,18H,6-7,10-16H2,1-2H3,(H,20,23)/t18-/m1/s1. The number of carbonyl (C=O) groups is 1. The first-order valence-corrected chi connectivity index (χ1v) is 8.84. The second kappa shape index (κ2) is 9.68. The van der Waals surface area contributed by atoms with Crippen molar-refractivity contribution in [2.45, 2.75) is 38.1 Å². The van der Waals surface area contributed by atoms with E-state index in [1.54, 1.807) is 0 Å². The summed E-state index contributed by atoms with van der Waals surface area (Å²) in [5.41, 5.74) is 1.36. The lowest BCUT2D eigenvalue weighted by Crippen LogP contribution is -2.41. The van der Waals surface area contributed by atoms with Crippen LogP contribution in [0.3, 0.4) is 0 Å². The van der Waals surface area contributed by atoms with Gasteiger partial charge in [-0.3, -0.25) is 4.79 Å². The van der Waals surface area contributed by atoms with Gasteiger partial charge in [-0.05, 0) is 45.5 Å². The lowest BCUT2D eigenvalue weighted by molar-refractivity contribution is -0.122. The average molecular weight is 317 g/mol. The number of piperidine rings is 1. The van der Waals surface area contributed by atoms with Gasteiger partial charge in [0.25, 0.3) is 0 Å². The van der Waals surface area contributed by atoms with Crippen molar-refractivity contribution in [1.82, 2.24) is 15.1 Å². The Hall–Kier alpha value is -1.39. The molecule has 1 fully saturated rings. The van der Waals surface area contributed by atoms with Crippen LogP contribution in [0.15, 0.2) is 30.3 Å². The molecule has 0 aliphatic carbocycles. The van der Waals surface area contributed by atoms with Crippen molar-refractivity contribution in [1.29, 1.82) is 0 Å². The SMILES string of the molecule is CN(CCNC(=O)C[C@H]1CCCCN1C)CCc1ccccc1. The summed E-state index contributed by atoms with van der Waals surface area (Å²) >= 11 is 0. The lowest BCUT2D eigenvalue weighted by Gasteiger charge is -2.32. The van der Waals surface area contributed by atoms with Gasteiger partial charge in [-0.15, -0.1) is 0 Å². The summed E-state index contributed by atoms with van der Waals surface area (Å²) in [7, 11) is 4.25. The summed E-state index contributed by atoms with van der Waals surface area (Å²) in [5, 5.41) is 3.07. The van der Waals surface area contributed by atoms with Crippen molar-refractivity contribution in [2.75, 3.05) is 40.3 Å². The Balaban J connectivity index is 1.57. The lowest BCUT2D eigenvalue weighted by atomic mass is 10.00. The molecule has 1 aromatic carbocycles. The molecule has 2 rings (SSSR count). The van der Waals surface area contributed by atoms with Crippen molar-refractivity contribution < 1.29 is 4.79 Å². The summed E-state index contributed by atoms with van der Waals surface area (Å²) in [5.74, 6) is 0.195. The second-order valence-corrected chi connectivity index (χ2v) is 6.72. The normalized spacial score (nSPS) is 19.0. The zero-order chi connectivity index (χ0) is 16.5. The Bertz CT molecular complexity index is 463. The molecule has 0 saturated carbocycles. The molecule has 1 aromatic rings. The molecular weight excluding hydrogens is 286 g/mol. The second-order valence-electron chi connectivity index (χ2n) is 6.72. The molecule has 1 aliphatic heterocycles. The van der Waals surface area contributed by atoms with Crippen LogP contribution in [0.25, 0.3) is 0 Å². The van der Waals surface area contributed by atoms with Gasteiger partial charge in [0.05, 0.1) is 0 Å². The molecule has 1 heterocycles. The molecule has 1 atom stereocenters. The maximum atomic E-state index is 12.1. The number of nitrogens with zero attached hydrogens (tertiary/aromatic N) is 2.